The van der Waals surface area contributed by atoms with Crippen LogP contribution in [0.4, 0.5) is 0 Å². The van der Waals surface area contributed by atoms with E-state index in [0.717, 1.165) is 37.4 Å². The number of benzene rings is 1. The van der Waals surface area contributed by atoms with Crippen molar-refractivity contribution in [2.75, 3.05) is 26.2 Å². The summed E-state index contributed by atoms with van der Waals surface area (Å²) in [6, 6.07) is 9.81. The first-order valence-corrected chi connectivity index (χ1v) is 6.45. The highest BCUT2D eigenvalue weighted by Gasteiger charge is 2.23. The second kappa shape index (κ2) is 5.24. The molecule has 2 N–H and O–H groups in total. The molecule has 1 amide bonds. The van der Waals surface area contributed by atoms with Crippen LogP contribution < -0.4 is 5.32 Å². The van der Waals surface area contributed by atoms with Crippen molar-refractivity contribution >= 4 is 5.91 Å². The molecule has 1 aliphatic heterocycles. The summed E-state index contributed by atoms with van der Waals surface area (Å²) in [6.45, 7) is 3.16. The Hall–Kier alpha value is -2.14. The van der Waals surface area contributed by atoms with E-state index in [2.05, 4.69) is 15.3 Å². The molecular weight excluding hydrogens is 240 g/mol. The number of nitrogens with one attached hydrogen (secondary N) is 2. The minimum atomic E-state index is 0.00148. The van der Waals surface area contributed by atoms with Crippen molar-refractivity contribution in [1.29, 1.82) is 0 Å². The van der Waals surface area contributed by atoms with E-state index in [1.54, 1.807) is 6.33 Å². The maximum atomic E-state index is 12.5. The van der Waals surface area contributed by atoms with Crippen molar-refractivity contribution in [3.63, 3.8) is 0 Å². The van der Waals surface area contributed by atoms with Gasteiger partial charge in [-0.1, -0.05) is 30.3 Å². The van der Waals surface area contributed by atoms with E-state index < -0.39 is 0 Å². The average molecular weight is 256 g/mol. The van der Waals surface area contributed by atoms with Crippen LogP contribution in [0.15, 0.2) is 36.7 Å². The van der Waals surface area contributed by atoms with Gasteiger partial charge in [-0.05, 0) is 0 Å². The van der Waals surface area contributed by atoms with Gasteiger partial charge in [0.05, 0.1) is 12.0 Å². The van der Waals surface area contributed by atoms with Crippen LogP contribution >= 0.6 is 0 Å². The molecule has 19 heavy (non-hydrogen) atoms. The molecule has 98 valence electrons. The van der Waals surface area contributed by atoms with E-state index in [9.17, 15) is 4.79 Å². The van der Waals surface area contributed by atoms with Crippen molar-refractivity contribution < 1.29 is 4.79 Å². The molecule has 0 spiro atoms. The maximum absolute atomic E-state index is 12.5. The molecule has 5 nitrogen and oxygen atoms in total. The summed E-state index contributed by atoms with van der Waals surface area (Å²) in [7, 11) is 0. The highest BCUT2D eigenvalue weighted by atomic mass is 16.2. The summed E-state index contributed by atoms with van der Waals surface area (Å²) in [5, 5.41) is 3.24. The van der Waals surface area contributed by atoms with Crippen LogP contribution in [0.1, 0.15) is 10.5 Å². The fraction of sp³-hybridized carbons (Fsp3) is 0.286. The van der Waals surface area contributed by atoms with E-state index >= 15 is 0 Å². The molecule has 0 aliphatic carbocycles. The largest absolute Gasteiger partial charge is 0.344 e. The third-order valence-electron chi connectivity index (χ3n) is 3.31. The Morgan fingerprint density at radius 2 is 1.89 bits per heavy atom. The van der Waals surface area contributed by atoms with Crippen LogP contribution in [0, 0.1) is 0 Å². The predicted molar refractivity (Wildman–Crippen MR) is 72.8 cm³/mol. The van der Waals surface area contributed by atoms with Crippen molar-refractivity contribution in [2.45, 2.75) is 0 Å². The number of hydrogen-bond acceptors (Lipinski definition) is 3. The third kappa shape index (κ3) is 2.37. The fourth-order valence-electron chi connectivity index (χ4n) is 2.30. The molecular formula is C14H16N4O. The normalized spacial score (nSPS) is 15.5. The third-order valence-corrected chi connectivity index (χ3v) is 3.31. The van der Waals surface area contributed by atoms with Crippen LogP contribution in [0.3, 0.4) is 0 Å². The van der Waals surface area contributed by atoms with Gasteiger partial charge in [0.15, 0.2) is 5.69 Å². The number of nitrogens with zero attached hydrogens (tertiary/aromatic N) is 2. The zero-order valence-electron chi connectivity index (χ0n) is 10.6. The summed E-state index contributed by atoms with van der Waals surface area (Å²) in [4.78, 5) is 21.6. The lowest BCUT2D eigenvalue weighted by atomic mass is 10.1. The number of H-pyrrole nitrogens is 1. The Labute approximate surface area is 111 Å². The summed E-state index contributed by atoms with van der Waals surface area (Å²) in [5.41, 5.74) is 2.29. The monoisotopic (exact) mass is 256 g/mol. The molecule has 0 saturated carbocycles. The van der Waals surface area contributed by atoms with Crippen molar-refractivity contribution in [1.82, 2.24) is 20.2 Å². The Morgan fingerprint density at radius 3 is 2.63 bits per heavy atom. The molecule has 2 aromatic rings. The number of carbonyl (C=O) groups is 1. The second-order valence-corrected chi connectivity index (χ2v) is 4.53. The molecule has 0 radical (unpaired) electrons. The summed E-state index contributed by atoms with van der Waals surface area (Å²) < 4.78 is 0. The van der Waals surface area contributed by atoms with E-state index in [-0.39, 0.29) is 5.91 Å². The highest BCUT2D eigenvalue weighted by molar-refractivity contribution is 5.98. The molecule has 3 rings (SSSR count). The van der Waals surface area contributed by atoms with E-state index in [1.807, 2.05) is 35.2 Å². The van der Waals surface area contributed by atoms with Gasteiger partial charge < -0.3 is 15.2 Å². The average Bonchev–Trinajstić information content (AvgIpc) is 2.98. The number of piperazine rings is 1. The number of hydrogen-bond donors (Lipinski definition) is 2. The molecule has 1 fully saturated rings. The highest BCUT2D eigenvalue weighted by Crippen LogP contribution is 2.21. The topological polar surface area (TPSA) is 61.0 Å². The summed E-state index contributed by atoms with van der Waals surface area (Å²) in [5.74, 6) is 0.00148. The zero-order chi connectivity index (χ0) is 13.1. The Morgan fingerprint density at radius 1 is 1.16 bits per heavy atom. The first-order chi connectivity index (χ1) is 9.36. The van der Waals surface area contributed by atoms with E-state index in [1.165, 1.54) is 0 Å². The molecule has 1 saturated heterocycles. The van der Waals surface area contributed by atoms with Crippen molar-refractivity contribution in [3.05, 3.63) is 42.4 Å². The first kappa shape index (κ1) is 11.9. The van der Waals surface area contributed by atoms with E-state index in [4.69, 9.17) is 0 Å². The van der Waals surface area contributed by atoms with Gasteiger partial charge in [0.25, 0.3) is 5.91 Å². The Balaban J connectivity index is 1.89. The van der Waals surface area contributed by atoms with Crippen LogP contribution in [0.5, 0.6) is 0 Å². The van der Waals surface area contributed by atoms with Crippen LogP contribution in [-0.4, -0.2) is 47.0 Å². The lowest BCUT2D eigenvalue weighted by Gasteiger charge is -2.27. The van der Waals surface area contributed by atoms with Crippen molar-refractivity contribution in [3.8, 4) is 11.3 Å². The number of rotatable bonds is 2. The molecule has 5 heteroatoms. The smallest absolute Gasteiger partial charge is 0.274 e. The Bertz CT molecular complexity index is 558. The predicted octanol–water partition coefficient (Wildman–Crippen LogP) is 1.12. The maximum Gasteiger partial charge on any atom is 0.274 e. The molecule has 1 aromatic heterocycles. The Kier molecular flexibility index (Phi) is 3.29. The molecule has 0 atom stereocenters. The summed E-state index contributed by atoms with van der Waals surface area (Å²) >= 11 is 0. The minimum Gasteiger partial charge on any atom is -0.344 e. The second-order valence-electron chi connectivity index (χ2n) is 4.53. The standard InChI is InChI=1S/C14H16N4O/c19-14(18-8-6-15-7-9-18)13-12(16-10-17-13)11-4-2-1-3-5-11/h1-5,10,15H,6-9H2,(H,16,17). The number of carbonyl (C=O) groups excluding carboxylic acids is 1. The van der Waals surface area contributed by atoms with Gasteiger partial charge in [-0.3, -0.25) is 4.79 Å². The lowest BCUT2D eigenvalue weighted by molar-refractivity contribution is 0.0731. The molecule has 1 aromatic carbocycles. The quantitative estimate of drug-likeness (QED) is 0.846. The van der Waals surface area contributed by atoms with Gasteiger partial charge >= 0.3 is 0 Å². The molecule has 1 aliphatic rings. The van der Waals surface area contributed by atoms with Gasteiger partial charge in [0.2, 0.25) is 0 Å². The SMILES string of the molecule is O=C(c1nc[nH]c1-c1ccccc1)N1CCNCC1. The van der Waals surface area contributed by atoms with E-state index in [0.29, 0.717) is 5.69 Å². The first-order valence-electron chi connectivity index (χ1n) is 6.45. The molecule has 2 heterocycles. The van der Waals surface area contributed by atoms with Gasteiger partial charge in [0, 0.05) is 31.7 Å². The number of aromatic nitrogens is 2. The van der Waals surface area contributed by atoms with Gasteiger partial charge in [-0.25, -0.2) is 4.98 Å². The number of amides is 1. The van der Waals surface area contributed by atoms with Crippen LogP contribution in [0.2, 0.25) is 0 Å². The van der Waals surface area contributed by atoms with Gasteiger partial charge in [-0.2, -0.15) is 0 Å². The number of aromatic amines is 1. The number of imidazole rings is 1. The van der Waals surface area contributed by atoms with Gasteiger partial charge in [-0.15, -0.1) is 0 Å². The van der Waals surface area contributed by atoms with Crippen molar-refractivity contribution in [2.24, 2.45) is 0 Å². The fourth-order valence-corrected chi connectivity index (χ4v) is 2.30. The molecule has 0 bridgehead atoms. The van der Waals surface area contributed by atoms with Crippen LogP contribution in [0.25, 0.3) is 11.3 Å². The molecule has 0 unspecified atom stereocenters. The van der Waals surface area contributed by atoms with Crippen LogP contribution in [-0.2, 0) is 0 Å². The minimum absolute atomic E-state index is 0.00148. The summed E-state index contributed by atoms with van der Waals surface area (Å²) in [6.07, 6.45) is 1.58. The zero-order valence-corrected chi connectivity index (χ0v) is 10.6. The van der Waals surface area contributed by atoms with Gasteiger partial charge in [0.1, 0.15) is 0 Å². The lowest BCUT2D eigenvalue weighted by Crippen LogP contribution is -2.46.